The summed E-state index contributed by atoms with van der Waals surface area (Å²) in [5.74, 6) is -0.133. The average molecular weight is 304 g/mol. The van der Waals surface area contributed by atoms with Gasteiger partial charge in [-0.05, 0) is 17.2 Å². The first-order valence-electron chi connectivity index (χ1n) is 7.30. The van der Waals surface area contributed by atoms with Gasteiger partial charge in [-0.1, -0.05) is 74.0 Å². The minimum atomic E-state index is -0.533. The summed E-state index contributed by atoms with van der Waals surface area (Å²) in [5, 5.41) is 14.6. The first-order chi connectivity index (χ1) is 10.1. The van der Waals surface area contributed by atoms with E-state index in [2.05, 4.69) is 19.2 Å². The molecule has 0 aliphatic heterocycles. The molecule has 3 heteroatoms. The number of hydrogen-bond acceptors (Lipinski definition) is 2. The monoisotopic (exact) mass is 303 g/mol. The van der Waals surface area contributed by atoms with Gasteiger partial charge in [0.05, 0.1) is 6.10 Å². The molecule has 2 nitrogen and oxygen atoms in total. The molecule has 0 aromatic heterocycles. The van der Waals surface area contributed by atoms with Gasteiger partial charge in [0.2, 0.25) is 0 Å². The molecule has 2 aromatic rings. The third kappa shape index (κ3) is 4.31. The van der Waals surface area contributed by atoms with Crippen molar-refractivity contribution in [3.8, 4) is 0 Å². The molecule has 0 aliphatic carbocycles. The minimum Gasteiger partial charge on any atom is -0.391 e. The Hall–Kier alpha value is -1.35. The van der Waals surface area contributed by atoms with Gasteiger partial charge in [-0.15, -0.1) is 0 Å². The average Bonchev–Trinajstić information content (AvgIpc) is 2.48. The molecule has 2 aromatic carbocycles. The van der Waals surface area contributed by atoms with Crippen molar-refractivity contribution in [1.82, 2.24) is 5.32 Å². The van der Waals surface area contributed by atoms with Crippen LogP contribution in [0, 0.1) is 0 Å². The second-order valence-corrected chi connectivity index (χ2v) is 5.95. The molecular weight excluding hydrogens is 282 g/mol. The Kier molecular flexibility index (Phi) is 5.80. The smallest absolute Gasteiger partial charge is 0.0774 e. The largest absolute Gasteiger partial charge is 0.391 e. The van der Waals surface area contributed by atoms with E-state index in [0.29, 0.717) is 17.6 Å². The predicted molar refractivity (Wildman–Crippen MR) is 88.9 cm³/mol. The fraction of sp³-hybridized carbons (Fsp3) is 0.333. The Bertz CT molecular complexity index is 556. The van der Waals surface area contributed by atoms with Gasteiger partial charge in [-0.3, -0.25) is 0 Å². The zero-order valence-electron chi connectivity index (χ0n) is 12.5. The Morgan fingerprint density at radius 3 is 2.24 bits per heavy atom. The maximum atomic E-state index is 10.7. The number of aliphatic hydroxyl groups is 1. The molecule has 112 valence electrons. The van der Waals surface area contributed by atoms with Crippen LogP contribution in [-0.4, -0.2) is 23.8 Å². The molecule has 0 saturated carbocycles. The highest BCUT2D eigenvalue weighted by Gasteiger charge is 2.24. The van der Waals surface area contributed by atoms with Crippen molar-refractivity contribution in [3.63, 3.8) is 0 Å². The highest BCUT2D eigenvalue weighted by molar-refractivity contribution is 6.31. The van der Waals surface area contributed by atoms with Crippen LogP contribution >= 0.6 is 11.6 Å². The van der Waals surface area contributed by atoms with Gasteiger partial charge < -0.3 is 10.4 Å². The van der Waals surface area contributed by atoms with E-state index in [4.69, 9.17) is 11.6 Å². The van der Waals surface area contributed by atoms with Crippen LogP contribution in [0.5, 0.6) is 0 Å². The molecule has 0 fully saturated rings. The van der Waals surface area contributed by atoms with Crippen LogP contribution < -0.4 is 5.32 Å². The van der Waals surface area contributed by atoms with E-state index in [-0.39, 0.29) is 5.92 Å². The Morgan fingerprint density at radius 2 is 1.62 bits per heavy atom. The van der Waals surface area contributed by atoms with E-state index in [1.54, 1.807) is 0 Å². The molecule has 0 amide bonds. The number of rotatable bonds is 6. The highest BCUT2D eigenvalue weighted by Crippen LogP contribution is 2.32. The fourth-order valence-corrected chi connectivity index (χ4v) is 2.72. The Morgan fingerprint density at radius 1 is 1.00 bits per heavy atom. The summed E-state index contributed by atoms with van der Waals surface area (Å²) < 4.78 is 0. The number of benzene rings is 2. The molecule has 21 heavy (non-hydrogen) atoms. The fourth-order valence-electron chi connectivity index (χ4n) is 2.47. The Balaban J connectivity index is 2.33. The summed E-state index contributed by atoms with van der Waals surface area (Å²) in [6.45, 7) is 4.67. The van der Waals surface area contributed by atoms with Gasteiger partial charge >= 0.3 is 0 Å². The van der Waals surface area contributed by atoms with E-state index in [1.165, 1.54) is 0 Å². The van der Waals surface area contributed by atoms with Crippen LogP contribution in [0.2, 0.25) is 5.02 Å². The molecular formula is C18H22ClNO. The molecule has 0 spiro atoms. The van der Waals surface area contributed by atoms with Gasteiger partial charge in [0.25, 0.3) is 0 Å². The maximum absolute atomic E-state index is 10.7. The van der Waals surface area contributed by atoms with Crippen molar-refractivity contribution in [3.05, 3.63) is 70.7 Å². The lowest BCUT2D eigenvalue weighted by Crippen LogP contribution is -2.35. The molecule has 0 heterocycles. The standard InChI is InChI=1S/C18H22ClNO/c1-13(2)20-12-17(21)18(14-8-4-3-5-9-14)15-10-6-7-11-16(15)19/h3-11,13,17-18,20-21H,12H2,1-2H3. The lowest BCUT2D eigenvalue weighted by Gasteiger charge is -2.26. The third-order valence-corrected chi connectivity index (χ3v) is 3.86. The van der Waals surface area contributed by atoms with Crippen molar-refractivity contribution < 1.29 is 5.11 Å². The quantitative estimate of drug-likeness (QED) is 0.850. The molecule has 2 rings (SSSR count). The minimum absolute atomic E-state index is 0.133. The van der Waals surface area contributed by atoms with Crippen LogP contribution in [-0.2, 0) is 0 Å². The molecule has 0 saturated heterocycles. The van der Waals surface area contributed by atoms with Crippen LogP contribution in [0.3, 0.4) is 0 Å². The maximum Gasteiger partial charge on any atom is 0.0774 e. The summed E-state index contributed by atoms with van der Waals surface area (Å²) in [5.41, 5.74) is 2.03. The zero-order chi connectivity index (χ0) is 15.2. The van der Waals surface area contributed by atoms with Gasteiger partial charge in [0.1, 0.15) is 0 Å². The summed E-state index contributed by atoms with van der Waals surface area (Å²) in [7, 11) is 0. The third-order valence-electron chi connectivity index (χ3n) is 3.52. The molecule has 2 atom stereocenters. The number of aliphatic hydroxyl groups excluding tert-OH is 1. The van der Waals surface area contributed by atoms with Gasteiger partial charge in [0, 0.05) is 23.5 Å². The van der Waals surface area contributed by atoms with Crippen LogP contribution in [0.15, 0.2) is 54.6 Å². The lowest BCUT2D eigenvalue weighted by molar-refractivity contribution is 0.151. The lowest BCUT2D eigenvalue weighted by atomic mass is 9.86. The molecule has 2 unspecified atom stereocenters. The first kappa shape index (κ1) is 16.0. The topological polar surface area (TPSA) is 32.3 Å². The van der Waals surface area contributed by atoms with Crippen molar-refractivity contribution in [2.45, 2.75) is 31.9 Å². The van der Waals surface area contributed by atoms with Crippen molar-refractivity contribution in [2.24, 2.45) is 0 Å². The van der Waals surface area contributed by atoms with E-state index >= 15 is 0 Å². The van der Waals surface area contributed by atoms with E-state index < -0.39 is 6.10 Å². The van der Waals surface area contributed by atoms with E-state index in [0.717, 1.165) is 11.1 Å². The van der Waals surface area contributed by atoms with Crippen molar-refractivity contribution >= 4 is 11.6 Å². The summed E-state index contributed by atoms with van der Waals surface area (Å²) in [4.78, 5) is 0. The van der Waals surface area contributed by atoms with Crippen molar-refractivity contribution in [1.29, 1.82) is 0 Å². The normalized spacial score (nSPS) is 14.1. The second kappa shape index (κ2) is 7.60. The molecule has 0 aliphatic rings. The SMILES string of the molecule is CC(C)NCC(O)C(c1ccccc1)c1ccccc1Cl. The van der Waals surface area contributed by atoms with Crippen molar-refractivity contribution in [2.75, 3.05) is 6.54 Å². The molecule has 0 bridgehead atoms. The first-order valence-corrected chi connectivity index (χ1v) is 7.68. The van der Waals surface area contributed by atoms with E-state index in [9.17, 15) is 5.11 Å². The Labute approximate surface area is 131 Å². The highest BCUT2D eigenvalue weighted by atomic mass is 35.5. The van der Waals surface area contributed by atoms with Gasteiger partial charge in [-0.25, -0.2) is 0 Å². The van der Waals surface area contributed by atoms with Gasteiger partial charge in [-0.2, -0.15) is 0 Å². The summed E-state index contributed by atoms with van der Waals surface area (Å²) >= 11 is 6.34. The number of hydrogen-bond donors (Lipinski definition) is 2. The molecule has 0 radical (unpaired) electrons. The summed E-state index contributed by atoms with van der Waals surface area (Å²) in [6, 6.07) is 18.1. The van der Waals surface area contributed by atoms with E-state index in [1.807, 2.05) is 54.6 Å². The summed E-state index contributed by atoms with van der Waals surface area (Å²) in [6.07, 6.45) is -0.533. The van der Waals surface area contributed by atoms with Crippen LogP contribution in [0.25, 0.3) is 0 Å². The zero-order valence-corrected chi connectivity index (χ0v) is 13.2. The van der Waals surface area contributed by atoms with Crippen LogP contribution in [0.4, 0.5) is 0 Å². The number of halogens is 1. The van der Waals surface area contributed by atoms with Crippen LogP contribution in [0.1, 0.15) is 30.9 Å². The molecule has 2 N–H and O–H groups in total. The predicted octanol–water partition coefficient (Wildman–Crippen LogP) is 3.83. The number of nitrogens with one attached hydrogen (secondary N) is 1. The second-order valence-electron chi connectivity index (χ2n) is 5.54. The van der Waals surface area contributed by atoms with Gasteiger partial charge in [0.15, 0.2) is 0 Å².